The van der Waals surface area contributed by atoms with E-state index < -0.39 is 50.6 Å². The van der Waals surface area contributed by atoms with Gasteiger partial charge in [-0.1, -0.05) is 0 Å². The molecule has 0 atom stereocenters. The van der Waals surface area contributed by atoms with Crippen LogP contribution in [0.15, 0.2) is 36.4 Å². The molecule has 0 radical (unpaired) electrons. The van der Waals surface area contributed by atoms with E-state index in [4.69, 9.17) is 0 Å². The van der Waals surface area contributed by atoms with Crippen LogP contribution in [0.2, 0.25) is 0 Å². The summed E-state index contributed by atoms with van der Waals surface area (Å²) in [6.07, 6.45) is -4.23. The van der Waals surface area contributed by atoms with Gasteiger partial charge in [0.05, 0.1) is 15.4 Å². The van der Waals surface area contributed by atoms with Gasteiger partial charge in [-0.05, 0) is 37.1 Å². The van der Waals surface area contributed by atoms with E-state index in [1.807, 2.05) is 0 Å². The summed E-state index contributed by atoms with van der Waals surface area (Å²) in [6.45, 7) is 0.349. The molecule has 2 aromatic carbocycles. The molecule has 1 aliphatic heterocycles. The lowest BCUT2D eigenvalue weighted by Crippen LogP contribution is -2.38. The quantitative estimate of drug-likeness (QED) is 0.402. The van der Waals surface area contributed by atoms with Crippen LogP contribution in [0.1, 0.15) is 18.4 Å². The molecule has 0 aliphatic carbocycles. The molecule has 0 spiro atoms. The van der Waals surface area contributed by atoms with Crippen molar-refractivity contribution in [2.24, 2.45) is 5.92 Å². The molecule has 1 fully saturated rings. The Morgan fingerprint density at radius 3 is 2.19 bits per heavy atom. The number of nitro benzene ring substituents is 2. The van der Waals surface area contributed by atoms with Crippen molar-refractivity contribution in [2.45, 2.75) is 19.0 Å². The number of benzene rings is 2. The summed E-state index contributed by atoms with van der Waals surface area (Å²) in [5, 5.41) is 24.6. The predicted molar refractivity (Wildman–Crippen MR) is 105 cm³/mol. The largest absolute Gasteiger partial charge is 0.416 e. The molecule has 0 saturated carbocycles. The number of halogens is 4. The third-order valence-electron chi connectivity index (χ3n) is 5.12. The summed E-state index contributed by atoms with van der Waals surface area (Å²) in [7, 11) is 0. The third-order valence-corrected chi connectivity index (χ3v) is 5.12. The van der Waals surface area contributed by atoms with E-state index >= 15 is 0 Å². The number of nitrogens with one attached hydrogen (secondary N) is 1. The molecule has 1 heterocycles. The molecule has 1 saturated heterocycles. The van der Waals surface area contributed by atoms with Crippen LogP contribution < -0.4 is 10.2 Å². The SMILES string of the molecule is O=C(Nc1ccc(F)c([N+](=O)[O-])c1)C1CCN(c2ccc(C(F)(F)F)cc2[N+](=O)[O-])CC1. The standard InChI is InChI=1S/C19H16F4N4O5/c20-14-3-2-13(10-16(14)26(29)30)24-18(28)11-5-7-25(8-6-11)15-4-1-12(19(21,22)23)9-17(15)27(31)32/h1-4,9-11H,5-8H2,(H,24,28). The average Bonchev–Trinajstić information content (AvgIpc) is 2.73. The number of carbonyl (C=O) groups is 1. The topological polar surface area (TPSA) is 119 Å². The van der Waals surface area contributed by atoms with Crippen LogP contribution in [0.3, 0.4) is 0 Å². The van der Waals surface area contributed by atoms with Gasteiger partial charge >= 0.3 is 11.9 Å². The molecule has 1 aliphatic rings. The van der Waals surface area contributed by atoms with Crippen LogP contribution in [0.5, 0.6) is 0 Å². The number of nitrogens with zero attached hydrogens (tertiary/aromatic N) is 3. The van der Waals surface area contributed by atoms with Crippen molar-refractivity contribution in [2.75, 3.05) is 23.3 Å². The molecule has 0 aromatic heterocycles. The average molecular weight is 456 g/mol. The van der Waals surface area contributed by atoms with Crippen molar-refractivity contribution in [3.8, 4) is 0 Å². The lowest BCUT2D eigenvalue weighted by Gasteiger charge is -2.32. The molecule has 0 unspecified atom stereocenters. The van der Waals surface area contributed by atoms with Crippen molar-refractivity contribution in [1.82, 2.24) is 0 Å². The van der Waals surface area contributed by atoms with Crippen LogP contribution in [0.4, 0.5) is 40.3 Å². The highest BCUT2D eigenvalue weighted by molar-refractivity contribution is 5.93. The summed E-state index contributed by atoms with van der Waals surface area (Å²) < 4.78 is 52.1. The molecular formula is C19H16F4N4O5. The van der Waals surface area contributed by atoms with E-state index in [0.29, 0.717) is 6.07 Å². The zero-order chi connectivity index (χ0) is 23.6. The molecule has 13 heteroatoms. The van der Waals surface area contributed by atoms with E-state index in [1.165, 1.54) is 11.0 Å². The highest BCUT2D eigenvalue weighted by Crippen LogP contribution is 2.37. The summed E-state index contributed by atoms with van der Waals surface area (Å²) in [6, 6.07) is 5.23. The lowest BCUT2D eigenvalue weighted by molar-refractivity contribution is -0.387. The molecular weight excluding hydrogens is 440 g/mol. The van der Waals surface area contributed by atoms with Gasteiger partial charge in [0, 0.05) is 36.8 Å². The van der Waals surface area contributed by atoms with Gasteiger partial charge in [-0.25, -0.2) is 0 Å². The second-order valence-corrected chi connectivity index (χ2v) is 7.13. The van der Waals surface area contributed by atoms with Gasteiger partial charge in [-0.3, -0.25) is 25.0 Å². The second-order valence-electron chi connectivity index (χ2n) is 7.13. The Balaban J connectivity index is 1.69. The molecule has 32 heavy (non-hydrogen) atoms. The molecule has 9 nitrogen and oxygen atoms in total. The molecule has 1 N–H and O–H groups in total. The van der Waals surface area contributed by atoms with E-state index in [1.54, 1.807) is 0 Å². The van der Waals surface area contributed by atoms with Crippen molar-refractivity contribution in [3.05, 3.63) is 68.0 Å². The first-order valence-corrected chi connectivity index (χ1v) is 9.32. The minimum atomic E-state index is -4.72. The fourth-order valence-electron chi connectivity index (χ4n) is 3.47. The minimum Gasteiger partial charge on any atom is -0.366 e. The van der Waals surface area contributed by atoms with Gasteiger partial charge in [0.25, 0.3) is 5.69 Å². The Morgan fingerprint density at radius 2 is 1.62 bits per heavy atom. The van der Waals surface area contributed by atoms with Crippen LogP contribution in [0.25, 0.3) is 0 Å². The van der Waals surface area contributed by atoms with E-state index in [9.17, 15) is 42.6 Å². The van der Waals surface area contributed by atoms with E-state index in [0.717, 1.165) is 24.3 Å². The lowest BCUT2D eigenvalue weighted by atomic mass is 9.95. The highest BCUT2D eigenvalue weighted by atomic mass is 19.4. The van der Waals surface area contributed by atoms with Crippen LogP contribution in [-0.2, 0) is 11.0 Å². The second kappa shape index (κ2) is 8.77. The number of alkyl halides is 3. The number of anilines is 2. The third kappa shape index (κ3) is 4.92. The fraction of sp³-hybridized carbons (Fsp3) is 0.316. The number of hydrogen-bond acceptors (Lipinski definition) is 6. The zero-order valence-electron chi connectivity index (χ0n) is 16.3. The van der Waals surface area contributed by atoms with Crippen LogP contribution in [0, 0.1) is 32.0 Å². The number of rotatable bonds is 5. The van der Waals surface area contributed by atoms with Crippen molar-refractivity contribution in [3.63, 3.8) is 0 Å². The highest BCUT2D eigenvalue weighted by Gasteiger charge is 2.35. The maximum atomic E-state index is 13.4. The summed E-state index contributed by atoms with van der Waals surface area (Å²) in [4.78, 5) is 34.3. The van der Waals surface area contributed by atoms with Crippen molar-refractivity contribution < 1.29 is 32.2 Å². The van der Waals surface area contributed by atoms with Crippen molar-refractivity contribution >= 4 is 28.7 Å². The number of amides is 1. The van der Waals surface area contributed by atoms with Crippen LogP contribution >= 0.6 is 0 Å². The first-order valence-electron chi connectivity index (χ1n) is 9.32. The van der Waals surface area contributed by atoms with E-state index in [-0.39, 0.29) is 37.3 Å². The summed E-state index contributed by atoms with van der Waals surface area (Å²) in [5.41, 5.74) is -2.52. The molecule has 0 bridgehead atoms. The van der Waals surface area contributed by atoms with Gasteiger partial charge in [0.1, 0.15) is 5.69 Å². The van der Waals surface area contributed by atoms with Crippen LogP contribution in [-0.4, -0.2) is 28.8 Å². The maximum absolute atomic E-state index is 13.4. The number of carbonyl (C=O) groups excluding carboxylic acids is 1. The normalized spacial score (nSPS) is 14.8. The number of nitro groups is 2. The van der Waals surface area contributed by atoms with Gasteiger partial charge in [0.2, 0.25) is 11.7 Å². The Hall–Kier alpha value is -3.77. The number of hydrogen-bond donors (Lipinski definition) is 1. The van der Waals surface area contributed by atoms with Gasteiger partial charge in [-0.2, -0.15) is 17.6 Å². The fourth-order valence-corrected chi connectivity index (χ4v) is 3.47. The Kier molecular flexibility index (Phi) is 6.27. The van der Waals surface area contributed by atoms with Gasteiger partial charge in [0.15, 0.2) is 0 Å². The summed E-state index contributed by atoms with van der Waals surface area (Å²) >= 11 is 0. The number of piperidine rings is 1. The van der Waals surface area contributed by atoms with Gasteiger partial charge in [-0.15, -0.1) is 0 Å². The molecule has 3 rings (SSSR count). The molecule has 2 aromatic rings. The minimum absolute atomic E-state index is 0.0241. The first kappa shape index (κ1) is 22.9. The monoisotopic (exact) mass is 456 g/mol. The Bertz CT molecular complexity index is 1070. The molecule has 170 valence electrons. The molecule has 1 amide bonds. The Morgan fingerprint density at radius 1 is 1.00 bits per heavy atom. The smallest absolute Gasteiger partial charge is 0.366 e. The maximum Gasteiger partial charge on any atom is 0.416 e. The first-order chi connectivity index (χ1) is 15.0. The summed E-state index contributed by atoms with van der Waals surface area (Å²) in [5.74, 6) is -2.05. The predicted octanol–water partition coefficient (Wildman–Crippen LogP) is 4.52. The van der Waals surface area contributed by atoms with Crippen molar-refractivity contribution in [1.29, 1.82) is 0 Å². The zero-order valence-corrected chi connectivity index (χ0v) is 16.3. The van der Waals surface area contributed by atoms with E-state index in [2.05, 4.69) is 5.32 Å². The Labute approximate surface area is 177 Å². The van der Waals surface area contributed by atoms with Gasteiger partial charge < -0.3 is 10.2 Å².